The Labute approximate surface area is 103 Å². The summed E-state index contributed by atoms with van der Waals surface area (Å²) in [5.74, 6) is 1.80. The molecule has 2 aliphatic rings. The van der Waals surface area contributed by atoms with E-state index >= 15 is 0 Å². The molecule has 2 fully saturated rings. The Hall–Kier alpha value is -1.02. The maximum Gasteiger partial charge on any atom is 0.119 e. The molecule has 0 aliphatic heterocycles. The van der Waals surface area contributed by atoms with E-state index in [-0.39, 0.29) is 5.54 Å². The van der Waals surface area contributed by atoms with Gasteiger partial charge in [-0.15, -0.1) is 0 Å². The lowest BCUT2D eigenvalue weighted by Crippen LogP contribution is -2.32. The van der Waals surface area contributed by atoms with Gasteiger partial charge in [-0.25, -0.2) is 0 Å². The minimum absolute atomic E-state index is 0.0744. The summed E-state index contributed by atoms with van der Waals surface area (Å²) in [7, 11) is 0. The lowest BCUT2D eigenvalue weighted by atomic mass is 9.89. The van der Waals surface area contributed by atoms with Gasteiger partial charge in [0.1, 0.15) is 5.75 Å². The number of hydrogen-bond acceptors (Lipinski definition) is 2. The molecule has 0 unspecified atom stereocenters. The predicted octanol–water partition coefficient (Wildman–Crippen LogP) is 3.20. The van der Waals surface area contributed by atoms with Crippen molar-refractivity contribution in [3.8, 4) is 5.75 Å². The van der Waals surface area contributed by atoms with Gasteiger partial charge in [0.15, 0.2) is 0 Å². The second-order valence-corrected chi connectivity index (χ2v) is 5.64. The Bertz CT molecular complexity index is 374. The molecular weight excluding hydrogens is 210 g/mol. The van der Waals surface area contributed by atoms with Crippen molar-refractivity contribution in [3.05, 3.63) is 29.8 Å². The van der Waals surface area contributed by atoms with E-state index in [0.29, 0.717) is 0 Å². The fraction of sp³-hybridized carbons (Fsp3) is 0.600. The Morgan fingerprint density at radius 1 is 1.12 bits per heavy atom. The van der Waals surface area contributed by atoms with E-state index in [0.717, 1.165) is 31.1 Å². The Kier molecular flexibility index (Phi) is 2.83. The monoisotopic (exact) mass is 231 g/mol. The zero-order valence-corrected chi connectivity index (χ0v) is 10.3. The van der Waals surface area contributed by atoms with Crippen molar-refractivity contribution in [2.45, 2.75) is 44.1 Å². The average molecular weight is 231 g/mol. The van der Waals surface area contributed by atoms with Gasteiger partial charge in [-0.05, 0) is 49.3 Å². The molecule has 0 atom stereocenters. The molecule has 2 saturated carbocycles. The highest BCUT2D eigenvalue weighted by molar-refractivity contribution is 5.32. The molecule has 1 aromatic rings. The third-order valence-electron chi connectivity index (χ3n) is 4.11. The van der Waals surface area contributed by atoms with Gasteiger partial charge in [-0.2, -0.15) is 0 Å². The number of ether oxygens (including phenoxy) is 1. The fourth-order valence-corrected chi connectivity index (χ4v) is 2.68. The van der Waals surface area contributed by atoms with Crippen LogP contribution < -0.4 is 10.5 Å². The second kappa shape index (κ2) is 4.34. The van der Waals surface area contributed by atoms with E-state index < -0.39 is 0 Å². The second-order valence-electron chi connectivity index (χ2n) is 5.64. The van der Waals surface area contributed by atoms with E-state index in [4.69, 9.17) is 10.5 Å². The summed E-state index contributed by atoms with van der Waals surface area (Å²) in [6.07, 6.45) is 7.44. The van der Waals surface area contributed by atoms with Gasteiger partial charge in [0.05, 0.1) is 6.61 Å². The van der Waals surface area contributed by atoms with Crippen molar-refractivity contribution < 1.29 is 4.74 Å². The first-order valence-electron chi connectivity index (χ1n) is 6.78. The molecule has 0 saturated heterocycles. The van der Waals surface area contributed by atoms with Gasteiger partial charge in [0.25, 0.3) is 0 Å². The van der Waals surface area contributed by atoms with Crippen molar-refractivity contribution in [1.82, 2.24) is 0 Å². The van der Waals surface area contributed by atoms with Crippen molar-refractivity contribution in [2.24, 2.45) is 11.7 Å². The molecule has 0 heterocycles. The molecular formula is C15H21NO. The minimum Gasteiger partial charge on any atom is -0.493 e. The highest BCUT2D eigenvalue weighted by Crippen LogP contribution is 2.37. The first-order valence-corrected chi connectivity index (χ1v) is 6.78. The molecule has 2 aliphatic carbocycles. The molecule has 0 spiro atoms. The van der Waals surface area contributed by atoms with Crippen LogP contribution in [0.1, 0.15) is 44.1 Å². The Balaban J connectivity index is 1.66. The first-order chi connectivity index (χ1) is 8.26. The molecule has 3 rings (SSSR count). The van der Waals surface area contributed by atoms with Gasteiger partial charge < -0.3 is 10.5 Å². The zero-order chi connectivity index (χ0) is 11.7. The normalized spacial score (nSPS) is 22.6. The molecule has 92 valence electrons. The highest BCUT2D eigenvalue weighted by atomic mass is 16.5. The molecule has 1 aromatic carbocycles. The van der Waals surface area contributed by atoms with Crippen LogP contribution in [0.4, 0.5) is 0 Å². The van der Waals surface area contributed by atoms with E-state index in [2.05, 4.69) is 24.3 Å². The topological polar surface area (TPSA) is 35.2 Å². The van der Waals surface area contributed by atoms with Gasteiger partial charge in [0.2, 0.25) is 0 Å². The van der Waals surface area contributed by atoms with Gasteiger partial charge in [-0.3, -0.25) is 0 Å². The Morgan fingerprint density at radius 2 is 1.76 bits per heavy atom. The highest BCUT2D eigenvalue weighted by Gasteiger charge is 2.31. The predicted molar refractivity (Wildman–Crippen MR) is 69.0 cm³/mol. The van der Waals surface area contributed by atoms with Crippen LogP contribution in [0.25, 0.3) is 0 Å². The van der Waals surface area contributed by atoms with Crippen molar-refractivity contribution in [1.29, 1.82) is 0 Å². The first kappa shape index (κ1) is 11.1. The van der Waals surface area contributed by atoms with Crippen LogP contribution in [-0.2, 0) is 5.54 Å². The van der Waals surface area contributed by atoms with E-state index in [1.165, 1.54) is 31.2 Å². The molecule has 2 heteroatoms. The summed E-state index contributed by atoms with van der Waals surface area (Å²) in [4.78, 5) is 0. The van der Waals surface area contributed by atoms with E-state index in [9.17, 15) is 0 Å². The molecule has 0 amide bonds. The average Bonchev–Trinajstić information content (AvgIpc) is 3.09. The molecule has 17 heavy (non-hydrogen) atoms. The maximum atomic E-state index is 6.42. The lowest BCUT2D eigenvalue weighted by Gasteiger charge is -2.24. The summed E-state index contributed by atoms with van der Waals surface area (Å²) in [5.41, 5.74) is 7.62. The van der Waals surface area contributed by atoms with Crippen LogP contribution in [0.3, 0.4) is 0 Å². The minimum atomic E-state index is -0.0744. The summed E-state index contributed by atoms with van der Waals surface area (Å²) >= 11 is 0. The van der Waals surface area contributed by atoms with E-state index in [1.54, 1.807) is 0 Å². The molecule has 2 nitrogen and oxygen atoms in total. The standard InChI is InChI=1S/C15H21NO/c16-15(9-1-2-10-15)13-5-7-14(8-6-13)17-11-12-3-4-12/h5-8,12H,1-4,9-11,16H2. The Morgan fingerprint density at radius 3 is 2.35 bits per heavy atom. The third kappa shape index (κ3) is 2.47. The van der Waals surface area contributed by atoms with Crippen molar-refractivity contribution in [2.75, 3.05) is 6.61 Å². The SMILES string of the molecule is NC1(c2ccc(OCC3CC3)cc2)CCCC1. The molecule has 0 bridgehead atoms. The van der Waals surface area contributed by atoms with Crippen molar-refractivity contribution >= 4 is 0 Å². The van der Waals surface area contributed by atoms with Crippen LogP contribution in [0.5, 0.6) is 5.75 Å². The maximum absolute atomic E-state index is 6.42. The summed E-state index contributed by atoms with van der Waals surface area (Å²) < 4.78 is 5.74. The number of nitrogens with two attached hydrogens (primary N) is 1. The van der Waals surface area contributed by atoms with Crippen LogP contribution in [-0.4, -0.2) is 6.61 Å². The van der Waals surface area contributed by atoms with E-state index in [1.807, 2.05) is 0 Å². The number of hydrogen-bond donors (Lipinski definition) is 1. The van der Waals surface area contributed by atoms with Crippen LogP contribution in [0, 0.1) is 5.92 Å². The van der Waals surface area contributed by atoms with Gasteiger partial charge in [-0.1, -0.05) is 25.0 Å². The number of rotatable bonds is 4. The van der Waals surface area contributed by atoms with Gasteiger partial charge in [0, 0.05) is 5.54 Å². The van der Waals surface area contributed by atoms with Crippen molar-refractivity contribution in [3.63, 3.8) is 0 Å². The fourth-order valence-electron chi connectivity index (χ4n) is 2.68. The summed E-state index contributed by atoms with van der Waals surface area (Å²) in [6, 6.07) is 8.44. The number of benzene rings is 1. The molecule has 2 N–H and O–H groups in total. The largest absolute Gasteiger partial charge is 0.493 e. The molecule has 0 aromatic heterocycles. The smallest absolute Gasteiger partial charge is 0.119 e. The van der Waals surface area contributed by atoms with Crippen LogP contribution in [0.15, 0.2) is 24.3 Å². The van der Waals surface area contributed by atoms with Gasteiger partial charge >= 0.3 is 0 Å². The lowest BCUT2D eigenvalue weighted by molar-refractivity contribution is 0.299. The van der Waals surface area contributed by atoms with Crippen LogP contribution in [0.2, 0.25) is 0 Å². The molecule has 0 radical (unpaired) electrons. The quantitative estimate of drug-likeness (QED) is 0.863. The third-order valence-corrected chi connectivity index (χ3v) is 4.11. The summed E-state index contributed by atoms with van der Waals surface area (Å²) in [6.45, 7) is 0.882. The van der Waals surface area contributed by atoms with Crippen LogP contribution >= 0.6 is 0 Å². The zero-order valence-electron chi connectivity index (χ0n) is 10.3. The summed E-state index contributed by atoms with van der Waals surface area (Å²) in [5, 5.41) is 0.